The fourth-order valence-corrected chi connectivity index (χ4v) is 5.39. The Morgan fingerprint density at radius 3 is 2.43 bits per heavy atom. The number of nitrogens with zero attached hydrogens (tertiary/aromatic N) is 1. The number of amidine groups is 1. The average Bonchev–Trinajstić information content (AvgIpc) is 3.20. The van der Waals surface area contributed by atoms with E-state index in [1.54, 1.807) is 62.6 Å². The quantitative estimate of drug-likeness (QED) is 0.279. The van der Waals surface area contributed by atoms with Crippen LogP contribution in [0, 0.1) is 6.92 Å². The molecule has 1 N–H and O–H groups in total. The number of hydrogen-bond donors (Lipinski definition) is 1. The highest BCUT2D eigenvalue weighted by molar-refractivity contribution is 8.18. The maximum Gasteiger partial charge on any atom is 0.339 e. The maximum absolute atomic E-state index is 12.8. The fourth-order valence-electron chi connectivity index (χ4n) is 3.28. The zero-order valence-electron chi connectivity index (χ0n) is 20.1. The van der Waals surface area contributed by atoms with Crippen LogP contribution in [0.3, 0.4) is 0 Å². The van der Waals surface area contributed by atoms with Gasteiger partial charge in [-0.3, -0.25) is 4.79 Å². The Morgan fingerprint density at radius 1 is 1.08 bits per heavy atom. The van der Waals surface area contributed by atoms with E-state index in [-0.39, 0.29) is 33.9 Å². The van der Waals surface area contributed by atoms with Crippen molar-refractivity contribution < 1.29 is 26.9 Å². The molecule has 1 aliphatic rings. The van der Waals surface area contributed by atoms with Gasteiger partial charge in [-0.2, -0.15) is 8.42 Å². The standard InChI is InChI=1S/C26H23ClN2O6S2/c1-4-34-22-14-17(13-21(27)24(22)35-37(31,32)20-11-5-16(2)6-12-20)15-23-25(30)29-26(36-23)28-18-7-9-19(33-3)10-8-18/h5-15H,4H2,1-3H3,(H,28,29,30)/b23-15-. The number of halogens is 1. The highest BCUT2D eigenvalue weighted by Gasteiger charge is 2.26. The number of aliphatic imine (C=N–C) groups is 1. The molecular formula is C26H23ClN2O6S2. The largest absolute Gasteiger partial charge is 0.497 e. The van der Waals surface area contributed by atoms with E-state index in [0.29, 0.717) is 27.1 Å². The molecule has 4 rings (SSSR count). The van der Waals surface area contributed by atoms with Crippen LogP contribution in [0.1, 0.15) is 18.1 Å². The van der Waals surface area contributed by atoms with E-state index in [9.17, 15) is 13.2 Å². The van der Waals surface area contributed by atoms with Gasteiger partial charge >= 0.3 is 10.1 Å². The summed E-state index contributed by atoms with van der Waals surface area (Å²) in [6, 6.07) is 16.4. The van der Waals surface area contributed by atoms with Crippen LogP contribution in [0.25, 0.3) is 6.08 Å². The Bertz CT molecular complexity index is 1480. The van der Waals surface area contributed by atoms with E-state index < -0.39 is 10.1 Å². The number of carbonyl (C=O) groups excluding carboxylic acids is 1. The van der Waals surface area contributed by atoms with Crippen LogP contribution >= 0.6 is 23.4 Å². The Kier molecular flexibility index (Phi) is 8.11. The van der Waals surface area contributed by atoms with Gasteiger partial charge < -0.3 is 19.0 Å². The Hall–Kier alpha value is -3.47. The lowest BCUT2D eigenvalue weighted by Crippen LogP contribution is -2.19. The lowest BCUT2D eigenvalue weighted by Gasteiger charge is -2.14. The number of nitrogens with one attached hydrogen (secondary N) is 1. The van der Waals surface area contributed by atoms with Crippen LogP contribution in [0.15, 0.2) is 75.5 Å². The van der Waals surface area contributed by atoms with Gasteiger partial charge in [0, 0.05) is 0 Å². The van der Waals surface area contributed by atoms with Crippen molar-refractivity contribution in [2.75, 3.05) is 13.7 Å². The molecular weight excluding hydrogens is 536 g/mol. The zero-order valence-corrected chi connectivity index (χ0v) is 22.5. The highest BCUT2D eigenvalue weighted by atomic mass is 35.5. The predicted molar refractivity (Wildman–Crippen MR) is 145 cm³/mol. The first kappa shape index (κ1) is 26.6. The van der Waals surface area contributed by atoms with Gasteiger partial charge in [0.1, 0.15) is 10.6 Å². The summed E-state index contributed by atoms with van der Waals surface area (Å²) in [5.74, 6) is 0.381. The molecule has 0 saturated carbocycles. The molecule has 1 aliphatic heterocycles. The number of rotatable bonds is 8. The molecule has 37 heavy (non-hydrogen) atoms. The number of hydrogen-bond acceptors (Lipinski definition) is 8. The van der Waals surface area contributed by atoms with E-state index in [4.69, 9.17) is 25.3 Å². The molecule has 3 aromatic carbocycles. The SMILES string of the molecule is CCOc1cc(/C=C2\SC(=Nc3ccc(OC)cc3)NC2=O)cc(Cl)c1OS(=O)(=O)c1ccc(C)cc1. The predicted octanol–water partition coefficient (Wildman–Crippen LogP) is 5.72. The smallest absolute Gasteiger partial charge is 0.339 e. The maximum atomic E-state index is 12.8. The lowest BCUT2D eigenvalue weighted by atomic mass is 10.2. The molecule has 1 heterocycles. The molecule has 0 unspecified atom stereocenters. The summed E-state index contributed by atoms with van der Waals surface area (Å²) in [6.45, 7) is 3.84. The van der Waals surface area contributed by atoms with Gasteiger partial charge in [0.05, 0.1) is 29.3 Å². The van der Waals surface area contributed by atoms with Crippen molar-refractivity contribution in [1.29, 1.82) is 0 Å². The molecule has 0 radical (unpaired) electrons. The first-order valence-electron chi connectivity index (χ1n) is 11.1. The van der Waals surface area contributed by atoms with E-state index in [1.807, 2.05) is 6.92 Å². The van der Waals surface area contributed by atoms with Gasteiger partial charge in [-0.05, 0) is 85.8 Å². The number of carbonyl (C=O) groups is 1. The van der Waals surface area contributed by atoms with Crippen molar-refractivity contribution in [3.63, 3.8) is 0 Å². The second kappa shape index (κ2) is 11.3. The van der Waals surface area contributed by atoms with Crippen LogP contribution in [0.4, 0.5) is 5.69 Å². The summed E-state index contributed by atoms with van der Waals surface area (Å²) in [4.78, 5) is 17.4. The van der Waals surface area contributed by atoms with Gasteiger partial charge in [-0.15, -0.1) is 0 Å². The molecule has 11 heteroatoms. The van der Waals surface area contributed by atoms with Crippen LogP contribution in [-0.2, 0) is 14.9 Å². The van der Waals surface area contributed by atoms with E-state index in [2.05, 4.69) is 10.3 Å². The van der Waals surface area contributed by atoms with Crippen LogP contribution in [-0.4, -0.2) is 33.2 Å². The molecule has 3 aromatic rings. The number of aryl methyl sites for hydroxylation is 1. The van der Waals surface area contributed by atoms with E-state index in [0.717, 1.165) is 17.3 Å². The molecule has 0 spiro atoms. The molecule has 1 saturated heterocycles. The van der Waals surface area contributed by atoms with Crippen LogP contribution in [0.2, 0.25) is 5.02 Å². The first-order valence-corrected chi connectivity index (χ1v) is 13.7. The van der Waals surface area contributed by atoms with Gasteiger partial charge in [-0.1, -0.05) is 29.3 Å². The molecule has 0 bridgehead atoms. The summed E-state index contributed by atoms with van der Waals surface area (Å²) in [7, 11) is -2.57. The topological polar surface area (TPSA) is 103 Å². The van der Waals surface area contributed by atoms with Crippen molar-refractivity contribution in [2.45, 2.75) is 18.7 Å². The average molecular weight is 559 g/mol. The summed E-state index contributed by atoms with van der Waals surface area (Å²) in [6.07, 6.45) is 1.61. The minimum absolute atomic E-state index is 0.00878. The highest BCUT2D eigenvalue weighted by Crippen LogP contribution is 2.40. The minimum Gasteiger partial charge on any atom is -0.497 e. The summed E-state index contributed by atoms with van der Waals surface area (Å²) >= 11 is 7.60. The van der Waals surface area contributed by atoms with Gasteiger partial charge in [0.25, 0.3) is 5.91 Å². The fraction of sp³-hybridized carbons (Fsp3) is 0.154. The Morgan fingerprint density at radius 2 is 1.78 bits per heavy atom. The van der Waals surface area contributed by atoms with E-state index >= 15 is 0 Å². The lowest BCUT2D eigenvalue weighted by molar-refractivity contribution is -0.115. The van der Waals surface area contributed by atoms with Crippen molar-refractivity contribution in [1.82, 2.24) is 5.32 Å². The number of methoxy groups -OCH3 is 1. The monoisotopic (exact) mass is 558 g/mol. The second-order valence-electron chi connectivity index (χ2n) is 7.79. The van der Waals surface area contributed by atoms with Crippen LogP contribution < -0.4 is 19.0 Å². The second-order valence-corrected chi connectivity index (χ2v) is 10.8. The van der Waals surface area contributed by atoms with Crippen molar-refractivity contribution in [2.24, 2.45) is 4.99 Å². The zero-order chi connectivity index (χ0) is 26.6. The summed E-state index contributed by atoms with van der Waals surface area (Å²) in [5.41, 5.74) is 2.09. The van der Waals surface area contributed by atoms with Crippen molar-refractivity contribution >= 4 is 56.3 Å². The van der Waals surface area contributed by atoms with E-state index in [1.165, 1.54) is 18.2 Å². The summed E-state index contributed by atoms with van der Waals surface area (Å²) in [5, 5.41) is 3.16. The van der Waals surface area contributed by atoms with Gasteiger partial charge in [0.15, 0.2) is 10.9 Å². The van der Waals surface area contributed by atoms with Crippen molar-refractivity contribution in [3.05, 3.63) is 81.7 Å². The number of thioether (sulfide) groups is 1. The molecule has 8 nitrogen and oxygen atoms in total. The number of amides is 1. The molecule has 192 valence electrons. The summed E-state index contributed by atoms with van der Waals surface area (Å²) < 4.78 is 41.8. The number of benzene rings is 3. The third-order valence-electron chi connectivity index (χ3n) is 5.09. The normalized spacial score (nSPS) is 15.6. The third kappa shape index (κ3) is 6.46. The van der Waals surface area contributed by atoms with Crippen molar-refractivity contribution in [3.8, 4) is 17.2 Å². The minimum atomic E-state index is -4.15. The van der Waals surface area contributed by atoms with Crippen LogP contribution in [0.5, 0.6) is 17.2 Å². The molecule has 0 aliphatic carbocycles. The Labute approximate surface area is 224 Å². The first-order chi connectivity index (χ1) is 17.7. The molecule has 1 amide bonds. The molecule has 1 fully saturated rings. The molecule has 0 atom stereocenters. The Balaban J connectivity index is 1.60. The van der Waals surface area contributed by atoms with Gasteiger partial charge in [-0.25, -0.2) is 4.99 Å². The van der Waals surface area contributed by atoms with Gasteiger partial charge in [0.2, 0.25) is 5.75 Å². The molecule has 0 aromatic heterocycles. The number of ether oxygens (including phenoxy) is 2. The third-order valence-corrected chi connectivity index (χ3v) is 7.51.